The van der Waals surface area contributed by atoms with Crippen LogP contribution in [-0.4, -0.2) is 164 Å². The van der Waals surface area contributed by atoms with Gasteiger partial charge in [-0.1, -0.05) is 54.6 Å². The van der Waals surface area contributed by atoms with Crippen molar-refractivity contribution < 1.29 is 53.4 Å². The Morgan fingerprint density at radius 1 is 0.632 bits per heavy atom. The van der Waals surface area contributed by atoms with E-state index in [4.69, 9.17) is 16.6 Å². The van der Waals surface area contributed by atoms with Gasteiger partial charge in [0.25, 0.3) is 0 Å². The predicted octanol–water partition coefficient (Wildman–Crippen LogP) is -1.47. The molecule has 24 heteroatoms. The number of likely N-dealkylation sites (N-methyl/N-ethyl adjacent to an activating group) is 1. The van der Waals surface area contributed by atoms with Crippen LogP contribution in [-0.2, 0) is 56.0 Å². The lowest BCUT2D eigenvalue weighted by atomic mass is 10.00. The Hall–Kier alpha value is -7.86. The van der Waals surface area contributed by atoms with Gasteiger partial charge in [0.15, 0.2) is 5.96 Å². The fourth-order valence-electron chi connectivity index (χ4n) is 8.24. The Morgan fingerprint density at radius 3 is 1.88 bits per heavy atom. The van der Waals surface area contributed by atoms with Crippen molar-refractivity contribution in [1.29, 1.82) is 0 Å². The number of guanidine groups is 1. The first-order valence-corrected chi connectivity index (χ1v) is 25.7. The number of phenols is 1. The van der Waals surface area contributed by atoms with Crippen LogP contribution in [0.15, 0.2) is 71.7 Å². The van der Waals surface area contributed by atoms with E-state index in [1.54, 1.807) is 12.1 Å². The molecule has 3 aromatic rings. The minimum Gasteiger partial charge on any atom is -0.508 e. The molecule has 4 atom stereocenters. The first kappa shape index (κ1) is 60.7. The number of hydrogen-bond acceptors (Lipinski definition) is 13. The summed E-state index contributed by atoms with van der Waals surface area (Å²) in [6.07, 6.45) is 3.13. The van der Waals surface area contributed by atoms with Crippen LogP contribution >= 0.6 is 0 Å². The first-order valence-electron chi connectivity index (χ1n) is 25.7. The molecule has 8 amide bonds. The standard InChI is InChI=1S/C52H75N13O11/c1-65-42(13-9-24-58-44(68)15-4-6-22-57-43(67)14-5-7-23-59-45(69)31-55-26-27-56-33-47(71)72)50(75)63-39(12-8-25-60-52(53)54)49(74)64-40(30-35-16-19-36-10-2-3-11-37(36)28-35)48(73)61-32-46(70)62-41(51(65)76)29-34-17-20-38(66)21-18-34/h2-3,10-11,16-21,28,39-42,55-56,66H,4-9,12-15,22-27,29-33H2,1H3,(H,57,67)(H,58,68)(H,59,69)(H,61,73)(H,62,70)(H,63,75)(H,64,74)(H,71,72)(H4,53,54,60)/t39-,40-,41+,42+/m0/s1. The molecule has 3 aromatic carbocycles. The number of nitrogens with zero attached hydrogens (tertiary/aromatic N) is 2. The van der Waals surface area contributed by atoms with Crippen LogP contribution in [0.2, 0.25) is 0 Å². The number of aliphatic imine (C=N–C) groups is 1. The highest BCUT2D eigenvalue weighted by Gasteiger charge is 2.35. The zero-order chi connectivity index (χ0) is 55.2. The number of carbonyl (C=O) groups is 9. The smallest absolute Gasteiger partial charge is 0.317 e. The maximum atomic E-state index is 14.5. The monoisotopic (exact) mass is 1060 g/mol. The van der Waals surface area contributed by atoms with Crippen molar-refractivity contribution in [3.8, 4) is 5.75 Å². The molecule has 76 heavy (non-hydrogen) atoms. The summed E-state index contributed by atoms with van der Waals surface area (Å²) in [5, 5.41) is 45.4. The maximum Gasteiger partial charge on any atom is 0.317 e. The van der Waals surface area contributed by atoms with E-state index < -0.39 is 66.2 Å². The Labute approximate surface area is 442 Å². The molecule has 0 saturated carbocycles. The molecule has 1 fully saturated rings. The van der Waals surface area contributed by atoms with Crippen molar-refractivity contribution >= 4 is 70.0 Å². The van der Waals surface area contributed by atoms with Crippen LogP contribution < -0.4 is 59.3 Å². The number of aliphatic carboxylic acids is 1. The van der Waals surface area contributed by atoms with E-state index in [-0.39, 0.29) is 107 Å². The summed E-state index contributed by atoms with van der Waals surface area (Å²) in [4.78, 5) is 124. The molecule has 0 unspecified atom stereocenters. The summed E-state index contributed by atoms with van der Waals surface area (Å²) in [6.45, 7) is 1.26. The largest absolute Gasteiger partial charge is 0.508 e. The molecular weight excluding hydrogens is 983 g/mol. The third kappa shape index (κ3) is 23.1. The molecule has 24 nitrogen and oxygen atoms in total. The molecule has 0 bridgehead atoms. The molecule has 0 aliphatic carbocycles. The van der Waals surface area contributed by atoms with Crippen LogP contribution in [0.3, 0.4) is 0 Å². The van der Waals surface area contributed by atoms with Crippen LogP contribution in [0, 0.1) is 0 Å². The molecule has 15 N–H and O–H groups in total. The molecular formula is C52H75N13O11. The quantitative estimate of drug-likeness (QED) is 0.0214. The first-order chi connectivity index (χ1) is 36.5. The second kappa shape index (κ2) is 33.1. The number of benzene rings is 3. The van der Waals surface area contributed by atoms with Gasteiger partial charge < -0.3 is 74.4 Å². The lowest BCUT2D eigenvalue weighted by Gasteiger charge is -2.32. The number of carbonyl (C=O) groups excluding carboxylic acids is 8. The number of unbranched alkanes of at least 4 members (excludes halogenated alkanes) is 2. The molecule has 1 saturated heterocycles. The van der Waals surface area contributed by atoms with Crippen LogP contribution in [0.5, 0.6) is 5.75 Å². The van der Waals surface area contributed by atoms with Crippen molar-refractivity contribution in [2.45, 2.75) is 101 Å². The number of hydrogen-bond donors (Lipinski definition) is 13. The number of carboxylic acid groups (broad SMARTS) is 1. The summed E-state index contributed by atoms with van der Waals surface area (Å²) in [5.41, 5.74) is 12.4. The van der Waals surface area contributed by atoms with Crippen molar-refractivity contribution in [2.24, 2.45) is 16.5 Å². The van der Waals surface area contributed by atoms with Gasteiger partial charge in [-0.3, -0.25) is 48.1 Å². The molecule has 1 aliphatic rings. The Balaban J connectivity index is 1.37. The number of aromatic hydroxyl groups is 1. The maximum absolute atomic E-state index is 14.5. The van der Waals surface area contributed by atoms with E-state index in [9.17, 15) is 48.3 Å². The van der Waals surface area contributed by atoms with E-state index >= 15 is 0 Å². The third-order valence-corrected chi connectivity index (χ3v) is 12.3. The van der Waals surface area contributed by atoms with E-state index in [0.717, 1.165) is 10.8 Å². The zero-order valence-corrected chi connectivity index (χ0v) is 43.1. The summed E-state index contributed by atoms with van der Waals surface area (Å²) in [7, 11) is 1.41. The van der Waals surface area contributed by atoms with Crippen LogP contribution in [0.4, 0.5) is 0 Å². The SMILES string of the molecule is CN1C(=O)[C@@H](Cc2ccc(O)cc2)NC(=O)CNC(=O)[C@H](Cc2ccc3ccccc3c2)NC(=O)[C@H](CCCN=C(N)N)NC(=O)[C@H]1CCCNC(=O)CCCCNC(=O)CCCCNC(=O)CNCCNCC(=O)O. The molecule has 0 aromatic heterocycles. The second-order valence-corrected chi connectivity index (χ2v) is 18.5. The summed E-state index contributed by atoms with van der Waals surface area (Å²) in [6, 6.07) is 14.4. The molecule has 0 radical (unpaired) electrons. The number of amides is 8. The number of carboxylic acids is 1. The van der Waals surface area contributed by atoms with Crippen molar-refractivity contribution in [2.75, 3.05) is 66.0 Å². The van der Waals surface area contributed by atoms with Gasteiger partial charge in [0.2, 0.25) is 47.3 Å². The highest BCUT2D eigenvalue weighted by atomic mass is 16.4. The number of phenolic OH excluding ortho intramolecular Hbond substituents is 1. The minimum atomic E-state index is -1.24. The van der Waals surface area contributed by atoms with Gasteiger partial charge in [0, 0.05) is 72.0 Å². The predicted molar refractivity (Wildman–Crippen MR) is 284 cm³/mol. The van der Waals surface area contributed by atoms with Gasteiger partial charge in [0.05, 0.1) is 19.6 Å². The van der Waals surface area contributed by atoms with Gasteiger partial charge >= 0.3 is 5.97 Å². The Morgan fingerprint density at radius 2 is 1.22 bits per heavy atom. The van der Waals surface area contributed by atoms with Gasteiger partial charge in [-0.2, -0.15) is 0 Å². The van der Waals surface area contributed by atoms with E-state index in [1.165, 1.54) is 24.1 Å². The Bertz CT molecular complexity index is 2450. The zero-order valence-electron chi connectivity index (χ0n) is 43.1. The second-order valence-electron chi connectivity index (χ2n) is 18.5. The molecule has 1 heterocycles. The fourth-order valence-corrected chi connectivity index (χ4v) is 8.24. The van der Waals surface area contributed by atoms with Crippen molar-refractivity contribution in [3.63, 3.8) is 0 Å². The normalized spacial score (nSPS) is 17.5. The van der Waals surface area contributed by atoms with Gasteiger partial charge in [-0.15, -0.1) is 0 Å². The number of rotatable bonds is 29. The summed E-state index contributed by atoms with van der Waals surface area (Å²) in [5.74, 6) is -5.19. The molecule has 1 aliphatic heterocycles. The van der Waals surface area contributed by atoms with Gasteiger partial charge in [-0.05, 0) is 85.4 Å². The lowest BCUT2D eigenvalue weighted by molar-refractivity contribution is -0.142. The highest BCUT2D eigenvalue weighted by Crippen LogP contribution is 2.18. The lowest BCUT2D eigenvalue weighted by Crippen LogP contribution is -2.58. The van der Waals surface area contributed by atoms with Crippen molar-refractivity contribution in [3.05, 3.63) is 77.9 Å². The molecule has 0 spiro atoms. The average Bonchev–Trinajstić information content (AvgIpc) is 3.38. The van der Waals surface area contributed by atoms with Gasteiger partial charge in [0.1, 0.15) is 29.9 Å². The number of nitrogens with two attached hydrogens (primary N) is 2. The topological polar surface area (TPSA) is 370 Å². The number of nitrogens with one attached hydrogen (secondary N) is 9. The van der Waals surface area contributed by atoms with Crippen LogP contribution in [0.25, 0.3) is 10.8 Å². The number of fused-ring (bicyclic) bond motifs is 1. The van der Waals surface area contributed by atoms with Crippen molar-refractivity contribution in [1.82, 2.24) is 52.8 Å². The average molecular weight is 1060 g/mol. The summed E-state index contributed by atoms with van der Waals surface area (Å²) >= 11 is 0. The van der Waals surface area contributed by atoms with E-state index in [0.29, 0.717) is 63.0 Å². The molecule has 4 rings (SSSR count). The Kier molecular flexibility index (Phi) is 26.5. The van der Waals surface area contributed by atoms with E-state index in [1.807, 2.05) is 42.5 Å². The minimum absolute atomic E-state index is 0.0123. The van der Waals surface area contributed by atoms with Gasteiger partial charge in [-0.25, -0.2) is 0 Å². The summed E-state index contributed by atoms with van der Waals surface area (Å²) < 4.78 is 0. The fraction of sp³-hybridized carbons (Fsp3) is 0.500. The van der Waals surface area contributed by atoms with E-state index in [2.05, 4.69) is 52.8 Å². The third-order valence-electron chi connectivity index (χ3n) is 12.3. The van der Waals surface area contributed by atoms with Crippen LogP contribution in [0.1, 0.15) is 75.3 Å². The highest BCUT2D eigenvalue weighted by molar-refractivity contribution is 5.97. The molecule has 414 valence electrons.